The van der Waals surface area contributed by atoms with Gasteiger partial charge in [0.2, 0.25) is 0 Å². The van der Waals surface area contributed by atoms with E-state index in [0.29, 0.717) is 11.6 Å². The Morgan fingerprint density at radius 3 is 2.55 bits per heavy atom. The van der Waals surface area contributed by atoms with Crippen molar-refractivity contribution in [3.8, 4) is 0 Å². The Morgan fingerprint density at radius 2 is 2.27 bits per heavy atom. The summed E-state index contributed by atoms with van der Waals surface area (Å²) in [7, 11) is 0. The highest BCUT2D eigenvalue weighted by Gasteiger charge is 2.19. The van der Waals surface area contributed by atoms with E-state index in [1.54, 1.807) is 13.8 Å². The molecule has 1 rings (SSSR count). The molecule has 1 aromatic heterocycles. The number of nitrogens with zero attached hydrogens (tertiary/aromatic N) is 1. The molecule has 11 heavy (non-hydrogen) atoms. The van der Waals surface area contributed by atoms with Gasteiger partial charge in [-0.3, -0.25) is 0 Å². The molecule has 1 heterocycles. The minimum atomic E-state index is -0.892. The Bertz CT molecular complexity index is 234. The molecule has 0 saturated heterocycles. The molecule has 3 heteroatoms. The molecule has 0 unspecified atom stereocenters. The van der Waals surface area contributed by atoms with Gasteiger partial charge < -0.3 is 9.52 Å². The fourth-order valence-electron chi connectivity index (χ4n) is 0.754. The van der Waals surface area contributed by atoms with Gasteiger partial charge in [-0.05, 0) is 13.8 Å². The fraction of sp³-hybridized carbons (Fsp3) is 0.625. The van der Waals surface area contributed by atoms with Gasteiger partial charge in [0, 0.05) is 6.42 Å². The van der Waals surface area contributed by atoms with Crippen LogP contribution in [0.2, 0.25) is 0 Å². The summed E-state index contributed by atoms with van der Waals surface area (Å²) in [6, 6.07) is 0. The molecule has 0 saturated carbocycles. The smallest absolute Gasteiger partial charge is 0.194 e. The highest BCUT2D eigenvalue weighted by molar-refractivity contribution is 5.05. The summed E-state index contributed by atoms with van der Waals surface area (Å²) in [5.41, 5.74) is -0.300. The van der Waals surface area contributed by atoms with Crippen LogP contribution in [0.1, 0.15) is 32.4 Å². The maximum absolute atomic E-state index is 9.48. The molecule has 0 aromatic carbocycles. The Balaban J connectivity index is 2.89. The summed E-state index contributed by atoms with van der Waals surface area (Å²) < 4.78 is 5.07. The molecule has 0 aliphatic heterocycles. The van der Waals surface area contributed by atoms with Crippen molar-refractivity contribution in [3.63, 3.8) is 0 Å². The van der Waals surface area contributed by atoms with Gasteiger partial charge in [0.1, 0.15) is 17.6 Å². The molecular weight excluding hydrogens is 142 g/mol. The monoisotopic (exact) mass is 155 g/mol. The van der Waals surface area contributed by atoms with Crippen LogP contribution in [0.3, 0.4) is 0 Å². The highest BCUT2D eigenvalue weighted by atomic mass is 16.3. The minimum Gasteiger partial charge on any atom is -0.449 e. The SMILES string of the molecule is CCc1nc(C(C)(C)O)co1. The van der Waals surface area contributed by atoms with Crippen molar-refractivity contribution in [3.05, 3.63) is 17.8 Å². The van der Waals surface area contributed by atoms with E-state index in [9.17, 15) is 5.11 Å². The predicted octanol–water partition coefficient (Wildman–Crippen LogP) is 1.46. The second-order valence-corrected chi connectivity index (χ2v) is 3.04. The summed E-state index contributed by atoms with van der Waals surface area (Å²) in [5.74, 6) is 0.669. The van der Waals surface area contributed by atoms with Gasteiger partial charge in [0.15, 0.2) is 5.89 Å². The number of aromatic nitrogens is 1. The van der Waals surface area contributed by atoms with E-state index in [1.807, 2.05) is 6.92 Å². The second-order valence-electron chi connectivity index (χ2n) is 3.04. The number of hydrogen-bond acceptors (Lipinski definition) is 3. The maximum Gasteiger partial charge on any atom is 0.194 e. The standard InChI is InChI=1S/C8H13NO2/c1-4-7-9-6(5-11-7)8(2,3)10/h5,10H,4H2,1-3H3. The zero-order valence-electron chi connectivity index (χ0n) is 7.09. The lowest BCUT2D eigenvalue weighted by molar-refractivity contribution is 0.0737. The van der Waals surface area contributed by atoms with Gasteiger partial charge in [0.25, 0.3) is 0 Å². The van der Waals surface area contributed by atoms with Crippen LogP contribution in [0.25, 0.3) is 0 Å². The molecular formula is C8H13NO2. The van der Waals surface area contributed by atoms with Crippen molar-refractivity contribution in [2.24, 2.45) is 0 Å². The summed E-state index contributed by atoms with van der Waals surface area (Å²) >= 11 is 0. The van der Waals surface area contributed by atoms with E-state index in [-0.39, 0.29) is 0 Å². The van der Waals surface area contributed by atoms with E-state index in [1.165, 1.54) is 6.26 Å². The van der Waals surface area contributed by atoms with Crippen LogP contribution < -0.4 is 0 Å². The van der Waals surface area contributed by atoms with Crippen LogP contribution in [0.5, 0.6) is 0 Å². The molecule has 1 N–H and O–H groups in total. The van der Waals surface area contributed by atoms with Gasteiger partial charge in [-0.15, -0.1) is 0 Å². The van der Waals surface area contributed by atoms with Gasteiger partial charge in [-0.1, -0.05) is 6.92 Å². The van der Waals surface area contributed by atoms with E-state index >= 15 is 0 Å². The summed E-state index contributed by atoms with van der Waals surface area (Å²) in [6.45, 7) is 5.33. The number of oxazole rings is 1. The summed E-state index contributed by atoms with van der Waals surface area (Å²) in [5, 5.41) is 9.48. The topological polar surface area (TPSA) is 46.3 Å². The van der Waals surface area contributed by atoms with E-state index in [2.05, 4.69) is 4.98 Å². The van der Waals surface area contributed by atoms with Crippen LogP contribution in [-0.2, 0) is 12.0 Å². The zero-order valence-corrected chi connectivity index (χ0v) is 7.09. The average molecular weight is 155 g/mol. The van der Waals surface area contributed by atoms with Crippen LogP contribution in [-0.4, -0.2) is 10.1 Å². The lowest BCUT2D eigenvalue weighted by Crippen LogP contribution is -2.15. The van der Waals surface area contributed by atoms with Crippen molar-refractivity contribution in [2.75, 3.05) is 0 Å². The predicted molar refractivity (Wildman–Crippen MR) is 41.1 cm³/mol. The minimum absolute atomic E-state index is 0.592. The van der Waals surface area contributed by atoms with Gasteiger partial charge in [-0.25, -0.2) is 4.98 Å². The maximum atomic E-state index is 9.48. The van der Waals surface area contributed by atoms with Crippen molar-refractivity contribution in [1.29, 1.82) is 0 Å². The molecule has 0 fully saturated rings. The third-order valence-electron chi connectivity index (χ3n) is 1.48. The molecule has 0 bridgehead atoms. The quantitative estimate of drug-likeness (QED) is 0.703. The van der Waals surface area contributed by atoms with E-state index in [0.717, 1.165) is 6.42 Å². The highest BCUT2D eigenvalue weighted by Crippen LogP contribution is 2.18. The largest absolute Gasteiger partial charge is 0.449 e. The van der Waals surface area contributed by atoms with Crippen molar-refractivity contribution in [2.45, 2.75) is 32.8 Å². The van der Waals surface area contributed by atoms with Crippen LogP contribution in [0.15, 0.2) is 10.7 Å². The van der Waals surface area contributed by atoms with Crippen molar-refractivity contribution in [1.82, 2.24) is 4.98 Å². The number of hydrogen-bond donors (Lipinski definition) is 1. The van der Waals surface area contributed by atoms with Crippen LogP contribution in [0.4, 0.5) is 0 Å². The molecule has 0 radical (unpaired) electrons. The second kappa shape index (κ2) is 2.66. The van der Waals surface area contributed by atoms with Crippen molar-refractivity contribution >= 4 is 0 Å². The van der Waals surface area contributed by atoms with E-state index in [4.69, 9.17) is 4.42 Å². The molecule has 3 nitrogen and oxygen atoms in total. The first-order valence-corrected chi connectivity index (χ1v) is 3.71. The summed E-state index contributed by atoms with van der Waals surface area (Å²) in [4.78, 5) is 4.08. The molecule has 0 atom stereocenters. The van der Waals surface area contributed by atoms with Gasteiger partial charge in [-0.2, -0.15) is 0 Å². The van der Waals surface area contributed by atoms with Crippen LogP contribution >= 0.6 is 0 Å². The fourth-order valence-corrected chi connectivity index (χ4v) is 0.754. The first kappa shape index (κ1) is 8.27. The molecule has 1 aromatic rings. The first-order valence-electron chi connectivity index (χ1n) is 3.71. The Labute approximate surface area is 66.1 Å². The number of aliphatic hydroxyl groups is 1. The van der Waals surface area contributed by atoms with Gasteiger partial charge >= 0.3 is 0 Å². The normalized spacial score (nSPS) is 12.0. The Kier molecular flexibility index (Phi) is 2.00. The summed E-state index contributed by atoms with van der Waals surface area (Å²) in [6.07, 6.45) is 2.26. The average Bonchev–Trinajstić information content (AvgIpc) is 2.32. The molecule has 0 spiro atoms. The molecule has 0 aliphatic carbocycles. The Hall–Kier alpha value is -0.830. The molecule has 62 valence electrons. The molecule has 0 amide bonds. The first-order chi connectivity index (χ1) is 5.04. The number of aryl methyl sites for hydroxylation is 1. The lowest BCUT2D eigenvalue weighted by atomic mass is 10.1. The third-order valence-corrected chi connectivity index (χ3v) is 1.48. The van der Waals surface area contributed by atoms with Crippen molar-refractivity contribution < 1.29 is 9.52 Å². The third kappa shape index (κ3) is 1.80. The van der Waals surface area contributed by atoms with E-state index < -0.39 is 5.60 Å². The Morgan fingerprint density at radius 1 is 1.64 bits per heavy atom. The zero-order chi connectivity index (χ0) is 8.48. The number of rotatable bonds is 2. The lowest BCUT2D eigenvalue weighted by Gasteiger charge is -2.11. The van der Waals surface area contributed by atoms with Crippen LogP contribution in [0, 0.1) is 0 Å². The molecule has 0 aliphatic rings. The van der Waals surface area contributed by atoms with Gasteiger partial charge in [0.05, 0.1) is 0 Å².